The molecule has 0 spiro atoms. The number of nitrogens with one attached hydrogen (secondary N) is 2. The molecular weight excluding hydrogens is 100 g/mol. The van der Waals surface area contributed by atoms with E-state index in [0.29, 0.717) is 0 Å². The SMILES string of the molecule is NNNC(=O)ON. The Labute approximate surface area is 39.7 Å². The van der Waals surface area contributed by atoms with E-state index >= 15 is 0 Å². The van der Waals surface area contributed by atoms with E-state index in [-0.39, 0.29) is 0 Å². The maximum atomic E-state index is 9.81. The Kier molecular flexibility index (Phi) is 2.94. The van der Waals surface area contributed by atoms with Crippen molar-refractivity contribution in [2.75, 3.05) is 0 Å². The number of carbonyl (C=O) groups excluding carboxylic acids is 1. The molecule has 0 aromatic carbocycles. The van der Waals surface area contributed by atoms with Gasteiger partial charge in [0.25, 0.3) is 0 Å². The number of amides is 1. The van der Waals surface area contributed by atoms with E-state index in [0.717, 1.165) is 0 Å². The minimum absolute atomic E-state index is 0.831. The number of hydrogen-bond acceptors (Lipinski definition) is 5. The van der Waals surface area contributed by atoms with Gasteiger partial charge in [-0.05, 0) is 0 Å². The van der Waals surface area contributed by atoms with Gasteiger partial charge in [-0.2, -0.15) is 11.4 Å². The van der Waals surface area contributed by atoms with E-state index in [4.69, 9.17) is 0 Å². The van der Waals surface area contributed by atoms with Gasteiger partial charge in [-0.3, -0.25) is 5.84 Å². The molecule has 0 heterocycles. The summed E-state index contributed by atoms with van der Waals surface area (Å²) >= 11 is 0. The van der Waals surface area contributed by atoms with Gasteiger partial charge in [0.2, 0.25) is 0 Å². The van der Waals surface area contributed by atoms with Crippen molar-refractivity contribution in [1.29, 1.82) is 0 Å². The third-order valence-corrected chi connectivity index (χ3v) is 0.281. The Morgan fingerprint density at radius 1 is 1.71 bits per heavy atom. The third kappa shape index (κ3) is 2.97. The van der Waals surface area contributed by atoms with Gasteiger partial charge in [-0.1, -0.05) is 0 Å². The number of rotatable bonds is 1. The molecule has 6 heteroatoms. The summed E-state index contributed by atoms with van der Waals surface area (Å²) in [5, 5.41) is 0. The molecule has 0 aromatic rings. The standard InChI is InChI=1S/CH6N4O2/c2-5-4-1(6)7-3/h5H,2-3H2,(H,4,6). The molecule has 6 N–H and O–H groups in total. The first kappa shape index (κ1) is 6.15. The topological polar surface area (TPSA) is 102 Å². The first-order valence-corrected chi connectivity index (χ1v) is 1.43. The van der Waals surface area contributed by atoms with Crippen LogP contribution in [-0.2, 0) is 4.84 Å². The highest BCUT2D eigenvalue weighted by Crippen LogP contribution is 1.57. The van der Waals surface area contributed by atoms with Gasteiger partial charge in [0.1, 0.15) is 0 Å². The van der Waals surface area contributed by atoms with Gasteiger partial charge in [0.15, 0.2) is 0 Å². The van der Waals surface area contributed by atoms with Crippen molar-refractivity contribution in [3.05, 3.63) is 0 Å². The van der Waals surface area contributed by atoms with Crippen LogP contribution in [0.3, 0.4) is 0 Å². The molecule has 42 valence electrons. The summed E-state index contributed by atoms with van der Waals surface area (Å²) in [6.45, 7) is 0. The van der Waals surface area contributed by atoms with E-state index in [1.165, 1.54) is 0 Å². The Hall–Kier alpha value is -0.850. The monoisotopic (exact) mass is 106 g/mol. The van der Waals surface area contributed by atoms with Crippen molar-refractivity contribution in [3.8, 4) is 0 Å². The average molecular weight is 106 g/mol. The maximum Gasteiger partial charge on any atom is 0.441 e. The predicted octanol–water partition coefficient (Wildman–Crippen LogP) is -2.04. The van der Waals surface area contributed by atoms with Gasteiger partial charge in [-0.25, -0.2) is 10.2 Å². The van der Waals surface area contributed by atoms with Crippen LogP contribution in [0.25, 0.3) is 0 Å². The molecular formula is CH6N4O2. The van der Waals surface area contributed by atoms with Crippen molar-refractivity contribution in [3.63, 3.8) is 0 Å². The Morgan fingerprint density at radius 2 is 2.29 bits per heavy atom. The van der Waals surface area contributed by atoms with Crippen LogP contribution in [0, 0.1) is 0 Å². The molecule has 7 heavy (non-hydrogen) atoms. The van der Waals surface area contributed by atoms with Crippen LogP contribution in [0.15, 0.2) is 0 Å². The summed E-state index contributed by atoms with van der Waals surface area (Å²) in [7, 11) is 0. The van der Waals surface area contributed by atoms with Gasteiger partial charge < -0.3 is 4.84 Å². The predicted molar refractivity (Wildman–Crippen MR) is 21.1 cm³/mol. The lowest BCUT2D eigenvalue weighted by molar-refractivity contribution is 0.143. The molecule has 0 aliphatic carbocycles. The van der Waals surface area contributed by atoms with E-state index in [1.54, 1.807) is 0 Å². The lowest BCUT2D eigenvalue weighted by Crippen LogP contribution is -2.43. The second-order valence-corrected chi connectivity index (χ2v) is 0.675. The molecule has 0 rings (SSSR count). The highest BCUT2D eigenvalue weighted by molar-refractivity contribution is 5.65. The molecule has 0 aliphatic rings. The van der Waals surface area contributed by atoms with E-state index in [9.17, 15) is 4.79 Å². The third-order valence-electron chi connectivity index (χ3n) is 0.281. The van der Waals surface area contributed by atoms with Crippen LogP contribution in [0.5, 0.6) is 0 Å². The van der Waals surface area contributed by atoms with Crippen molar-refractivity contribution < 1.29 is 9.63 Å². The van der Waals surface area contributed by atoms with E-state index in [1.807, 2.05) is 11.0 Å². The molecule has 0 saturated heterocycles. The van der Waals surface area contributed by atoms with E-state index in [2.05, 4.69) is 16.6 Å². The summed E-state index contributed by atoms with van der Waals surface area (Å²) in [6.07, 6.45) is -0.831. The minimum Gasteiger partial charge on any atom is -0.356 e. The van der Waals surface area contributed by atoms with Crippen molar-refractivity contribution in [2.45, 2.75) is 0 Å². The molecule has 0 atom stereocenters. The lowest BCUT2D eigenvalue weighted by atomic mass is 11.3. The highest BCUT2D eigenvalue weighted by atomic mass is 16.7. The number of carbonyl (C=O) groups is 1. The normalized spacial score (nSPS) is 7.71. The average Bonchev–Trinajstić information content (AvgIpc) is 1.68. The second kappa shape index (κ2) is 3.34. The minimum atomic E-state index is -0.831. The van der Waals surface area contributed by atoms with Crippen LogP contribution < -0.4 is 22.7 Å². The van der Waals surface area contributed by atoms with E-state index < -0.39 is 6.09 Å². The largest absolute Gasteiger partial charge is 0.441 e. The fraction of sp³-hybridized carbons (Fsp3) is 0. The molecule has 0 bridgehead atoms. The molecule has 0 unspecified atom stereocenters. The second-order valence-electron chi connectivity index (χ2n) is 0.675. The quantitative estimate of drug-likeness (QED) is 0.228. The van der Waals surface area contributed by atoms with Crippen LogP contribution in [0.4, 0.5) is 4.79 Å². The number of hydrazine groups is 2. The summed E-state index contributed by atoms with van der Waals surface area (Å²) in [6, 6.07) is 0. The van der Waals surface area contributed by atoms with Crippen molar-refractivity contribution >= 4 is 6.09 Å². The molecule has 0 aromatic heterocycles. The van der Waals surface area contributed by atoms with Crippen molar-refractivity contribution in [2.24, 2.45) is 11.7 Å². The van der Waals surface area contributed by atoms with Gasteiger partial charge >= 0.3 is 6.09 Å². The molecule has 0 saturated carbocycles. The summed E-state index contributed by atoms with van der Waals surface area (Å²) in [5.41, 5.74) is 3.65. The summed E-state index contributed by atoms with van der Waals surface area (Å²) < 4.78 is 0. The van der Waals surface area contributed by atoms with Crippen molar-refractivity contribution in [1.82, 2.24) is 11.0 Å². The number of nitrogens with two attached hydrogens (primary N) is 2. The summed E-state index contributed by atoms with van der Waals surface area (Å²) in [4.78, 5) is 13.4. The molecule has 0 aliphatic heterocycles. The fourth-order valence-electron chi connectivity index (χ4n) is 0.0884. The lowest BCUT2D eigenvalue weighted by Gasteiger charge is -1.95. The van der Waals surface area contributed by atoms with Crippen LogP contribution in [-0.4, -0.2) is 6.09 Å². The Bertz CT molecular complexity index is 62.7. The number of hydrogen-bond donors (Lipinski definition) is 4. The fourth-order valence-corrected chi connectivity index (χ4v) is 0.0884. The van der Waals surface area contributed by atoms with Gasteiger partial charge in [0, 0.05) is 0 Å². The van der Waals surface area contributed by atoms with Crippen LogP contribution in [0.2, 0.25) is 0 Å². The zero-order valence-electron chi connectivity index (χ0n) is 3.47. The zero-order chi connectivity index (χ0) is 5.70. The summed E-state index contributed by atoms with van der Waals surface area (Å²) in [5.74, 6) is 8.94. The highest BCUT2D eigenvalue weighted by Gasteiger charge is 1.90. The van der Waals surface area contributed by atoms with Crippen LogP contribution in [0.1, 0.15) is 0 Å². The first-order chi connectivity index (χ1) is 3.31. The Balaban J connectivity index is 3.00. The van der Waals surface area contributed by atoms with Crippen LogP contribution >= 0.6 is 0 Å². The smallest absolute Gasteiger partial charge is 0.356 e. The zero-order valence-corrected chi connectivity index (χ0v) is 3.47. The van der Waals surface area contributed by atoms with Gasteiger partial charge in [0.05, 0.1) is 0 Å². The maximum absolute atomic E-state index is 9.81. The van der Waals surface area contributed by atoms with Gasteiger partial charge in [-0.15, -0.1) is 0 Å². The Morgan fingerprint density at radius 3 is 2.43 bits per heavy atom. The molecule has 0 radical (unpaired) electrons. The first-order valence-electron chi connectivity index (χ1n) is 1.43. The molecule has 1 amide bonds. The molecule has 6 nitrogen and oxygen atoms in total. The molecule has 0 fully saturated rings.